The average molecular weight is 344 g/mol. The number of carbonyl (C=O) groups excluding carboxylic acids is 1. The Morgan fingerprint density at radius 2 is 2.11 bits per heavy atom. The van der Waals surface area contributed by atoms with Crippen molar-refractivity contribution in [1.82, 2.24) is 10.6 Å². The summed E-state index contributed by atoms with van der Waals surface area (Å²) in [5, 5.41) is 6.95. The van der Waals surface area contributed by atoms with Crippen LogP contribution in [0.2, 0.25) is 10.0 Å². The van der Waals surface area contributed by atoms with E-state index in [4.69, 9.17) is 23.2 Å². The molecule has 0 radical (unpaired) electrons. The van der Waals surface area contributed by atoms with Crippen LogP contribution in [-0.4, -0.2) is 31.8 Å². The van der Waals surface area contributed by atoms with Crippen LogP contribution < -0.4 is 10.6 Å². The zero-order valence-corrected chi connectivity index (χ0v) is 13.7. The lowest BCUT2D eigenvalue weighted by atomic mass is 10.2. The largest absolute Gasteiger partial charge is 0.354 e. The molecule has 7 heteroatoms. The average Bonchev–Trinajstić information content (AvgIpc) is 2.31. The van der Waals surface area contributed by atoms with Crippen molar-refractivity contribution in [3.8, 4) is 0 Å². The van der Waals surface area contributed by atoms with Crippen molar-refractivity contribution in [1.29, 1.82) is 0 Å². The Morgan fingerprint density at radius 3 is 2.74 bits per heavy atom. The lowest BCUT2D eigenvalue weighted by molar-refractivity contribution is -0.120. The standard InChI is InChI=1S/C12H16Cl2N2OS.ClH/c1-15-7-12(17)16-4-5-18-8-9-2-3-10(13)6-11(9)14;/h2-3,6,15H,4-5,7-8H2,1H3,(H,16,17);1H. The number of amides is 1. The highest BCUT2D eigenvalue weighted by Crippen LogP contribution is 2.24. The van der Waals surface area contributed by atoms with Gasteiger partial charge in [0.1, 0.15) is 0 Å². The number of nitrogens with one attached hydrogen (secondary N) is 2. The molecule has 0 saturated carbocycles. The number of benzene rings is 1. The van der Waals surface area contributed by atoms with E-state index in [1.54, 1.807) is 24.9 Å². The van der Waals surface area contributed by atoms with Gasteiger partial charge in [-0.1, -0.05) is 29.3 Å². The van der Waals surface area contributed by atoms with Crippen molar-refractivity contribution in [2.45, 2.75) is 5.75 Å². The normalized spacial score (nSPS) is 9.84. The number of rotatable bonds is 7. The summed E-state index contributed by atoms with van der Waals surface area (Å²) in [5.74, 6) is 1.69. The summed E-state index contributed by atoms with van der Waals surface area (Å²) in [4.78, 5) is 11.1. The molecule has 0 heterocycles. The summed E-state index contributed by atoms with van der Waals surface area (Å²) in [6, 6.07) is 5.50. The fourth-order valence-corrected chi connectivity index (χ4v) is 2.72. The van der Waals surface area contributed by atoms with Gasteiger partial charge in [-0.15, -0.1) is 12.4 Å². The Labute approximate surface area is 134 Å². The minimum Gasteiger partial charge on any atom is -0.354 e. The minimum atomic E-state index is 0. The first kappa shape index (κ1) is 18.9. The molecule has 1 rings (SSSR count). The lowest BCUT2D eigenvalue weighted by Crippen LogP contribution is -2.33. The molecule has 0 bridgehead atoms. The second-order valence-corrected chi connectivity index (χ2v) is 5.62. The molecule has 19 heavy (non-hydrogen) atoms. The zero-order chi connectivity index (χ0) is 13.4. The topological polar surface area (TPSA) is 41.1 Å². The smallest absolute Gasteiger partial charge is 0.233 e. The van der Waals surface area contributed by atoms with Gasteiger partial charge in [0.2, 0.25) is 5.91 Å². The third-order valence-electron chi connectivity index (χ3n) is 2.18. The number of carbonyl (C=O) groups is 1. The molecule has 3 nitrogen and oxygen atoms in total. The van der Waals surface area contributed by atoms with Gasteiger partial charge in [0.15, 0.2) is 0 Å². The van der Waals surface area contributed by atoms with E-state index in [-0.39, 0.29) is 18.3 Å². The molecule has 0 saturated heterocycles. The van der Waals surface area contributed by atoms with Crippen LogP contribution in [0, 0.1) is 0 Å². The fraction of sp³-hybridized carbons (Fsp3) is 0.417. The number of halogens is 3. The second-order valence-electron chi connectivity index (χ2n) is 3.67. The number of likely N-dealkylation sites (N-methyl/N-ethyl adjacent to an activating group) is 1. The third kappa shape index (κ3) is 7.90. The van der Waals surface area contributed by atoms with Crippen LogP contribution >= 0.6 is 47.4 Å². The molecule has 0 spiro atoms. The molecular weight excluding hydrogens is 327 g/mol. The van der Waals surface area contributed by atoms with E-state index >= 15 is 0 Å². The van der Waals surface area contributed by atoms with Gasteiger partial charge in [-0.05, 0) is 24.7 Å². The maximum atomic E-state index is 11.1. The summed E-state index contributed by atoms with van der Waals surface area (Å²) < 4.78 is 0. The molecule has 0 aliphatic rings. The second kappa shape index (κ2) is 10.6. The van der Waals surface area contributed by atoms with Crippen molar-refractivity contribution in [2.24, 2.45) is 0 Å². The predicted octanol–water partition coefficient (Wildman–Crippen LogP) is 2.98. The maximum absolute atomic E-state index is 11.1. The first-order valence-electron chi connectivity index (χ1n) is 5.56. The molecule has 0 aliphatic heterocycles. The number of hydrogen-bond acceptors (Lipinski definition) is 3. The van der Waals surface area contributed by atoms with Gasteiger partial charge in [-0.25, -0.2) is 0 Å². The Bertz CT molecular complexity index is 405. The van der Waals surface area contributed by atoms with E-state index in [1.165, 1.54) is 0 Å². The van der Waals surface area contributed by atoms with E-state index in [9.17, 15) is 4.79 Å². The SMILES string of the molecule is CNCC(=O)NCCSCc1ccc(Cl)cc1Cl.Cl. The van der Waals surface area contributed by atoms with Gasteiger partial charge < -0.3 is 10.6 Å². The summed E-state index contributed by atoms with van der Waals surface area (Å²) in [7, 11) is 1.75. The van der Waals surface area contributed by atoms with Gasteiger partial charge in [0.25, 0.3) is 0 Å². The maximum Gasteiger partial charge on any atom is 0.233 e. The van der Waals surface area contributed by atoms with E-state index in [2.05, 4.69) is 10.6 Å². The molecule has 0 aromatic heterocycles. The van der Waals surface area contributed by atoms with Crippen molar-refractivity contribution in [3.63, 3.8) is 0 Å². The first-order valence-corrected chi connectivity index (χ1v) is 7.47. The molecule has 108 valence electrons. The molecule has 1 aromatic rings. The molecule has 1 amide bonds. The Morgan fingerprint density at radius 1 is 1.37 bits per heavy atom. The van der Waals surface area contributed by atoms with E-state index < -0.39 is 0 Å². The van der Waals surface area contributed by atoms with Gasteiger partial charge in [0, 0.05) is 28.1 Å². The van der Waals surface area contributed by atoms with Crippen LogP contribution in [0.3, 0.4) is 0 Å². The van der Waals surface area contributed by atoms with Crippen LogP contribution in [0.25, 0.3) is 0 Å². The molecule has 0 fully saturated rings. The first-order chi connectivity index (χ1) is 8.63. The molecular formula is C12H17Cl3N2OS. The fourth-order valence-electron chi connectivity index (χ4n) is 1.31. The molecule has 2 N–H and O–H groups in total. The van der Waals surface area contributed by atoms with Crippen LogP contribution in [0.15, 0.2) is 18.2 Å². The number of hydrogen-bond donors (Lipinski definition) is 2. The molecule has 0 aliphatic carbocycles. The summed E-state index contributed by atoms with van der Waals surface area (Å²) in [6.07, 6.45) is 0. The molecule has 0 atom stereocenters. The van der Waals surface area contributed by atoms with E-state index in [0.29, 0.717) is 23.1 Å². The van der Waals surface area contributed by atoms with Crippen LogP contribution in [0.4, 0.5) is 0 Å². The highest BCUT2D eigenvalue weighted by molar-refractivity contribution is 7.98. The Kier molecular flexibility index (Phi) is 10.6. The van der Waals surface area contributed by atoms with Crippen LogP contribution in [0.1, 0.15) is 5.56 Å². The van der Waals surface area contributed by atoms with Crippen molar-refractivity contribution < 1.29 is 4.79 Å². The zero-order valence-electron chi connectivity index (χ0n) is 10.5. The van der Waals surface area contributed by atoms with E-state index in [1.807, 2.05) is 12.1 Å². The van der Waals surface area contributed by atoms with Gasteiger partial charge >= 0.3 is 0 Å². The van der Waals surface area contributed by atoms with Gasteiger partial charge in [-0.2, -0.15) is 11.8 Å². The third-order valence-corrected chi connectivity index (χ3v) is 3.77. The van der Waals surface area contributed by atoms with Gasteiger partial charge in [-0.3, -0.25) is 4.79 Å². The minimum absolute atomic E-state index is 0. The van der Waals surface area contributed by atoms with Crippen molar-refractivity contribution in [2.75, 3.05) is 25.9 Å². The monoisotopic (exact) mass is 342 g/mol. The molecule has 1 aromatic carbocycles. The molecule has 0 unspecified atom stereocenters. The predicted molar refractivity (Wildman–Crippen MR) is 86.8 cm³/mol. The quantitative estimate of drug-likeness (QED) is 0.748. The van der Waals surface area contributed by atoms with Gasteiger partial charge in [0.05, 0.1) is 6.54 Å². The van der Waals surface area contributed by atoms with Crippen molar-refractivity contribution >= 4 is 53.3 Å². The summed E-state index contributed by atoms with van der Waals surface area (Å²) in [6.45, 7) is 1.02. The summed E-state index contributed by atoms with van der Waals surface area (Å²) >= 11 is 13.6. The summed E-state index contributed by atoms with van der Waals surface area (Å²) in [5.41, 5.74) is 1.06. The lowest BCUT2D eigenvalue weighted by Gasteiger charge is -2.06. The van der Waals surface area contributed by atoms with Crippen LogP contribution in [-0.2, 0) is 10.5 Å². The number of thioether (sulfide) groups is 1. The Hall–Kier alpha value is -0.130. The highest BCUT2D eigenvalue weighted by atomic mass is 35.5. The van der Waals surface area contributed by atoms with Crippen LogP contribution in [0.5, 0.6) is 0 Å². The van der Waals surface area contributed by atoms with Crippen molar-refractivity contribution in [3.05, 3.63) is 33.8 Å². The van der Waals surface area contributed by atoms with E-state index in [0.717, 1.165) is 17.1 Å². The Balaban J connectivity index is 0.00000324. The highest BCUT2D eigenvalue weighted by Gasteiger charge is 2.02.